The highest BCUT2D eigenvalue weighted by Crippen LogP contribution is 2.39. The van der Waals surface area contributed by atoms with Crippen molar-refractivity contribution in [3.63, 3.8) is 0 Å². The number of nitrogens with one attached hydrogen (secondary N) is 2. The van der Waals surface area contributed by atoms with Crippen LogP contribution < -0.4 is 20.3 Å². The number of amides is 1. The van der Waals surface area contributed by atoms with Crippen molar-refractivity contribution in [1.29, 1.82) is 0 Å². The molecular formula is C20H28F4N4O2. The number of methoxy groups -OCH3 is 1. The maximum atomic E-state index is 14.8. The van der Waals surface area contributed by atoms with Crippen molar-refractivity contribution >= 4 is 11.7 Å². The number of pyridine rings is 1. The average molecular weight is 432 g/mol. The van der Waals surface area contributed by atoms with E-state index in [2.05, 4.69) is 15.6 Å². The lowest BCUT2D eigenvalue weighted by atomic mass is 9.85. The minimum atomic E-state index is -4.18. The van der Waals surface area contributed by atoms with Crippen LogP contribution in [-0.2, 0) is 11.3 Å². The fourth-order valence-electron chi connectivity index (χ4n) is 4.23. The Balaban J connectivity index is 1.66. The van der Waals surface area contributed by atoms with Crippen molar-refractivity contribution in [2.24, 2.45) is 5.92 Å². The SMILES string of the molecule is COc1nc(N(C)C2CCC(C(F)(F)F)CC2)c(F)cc1CNC(=O)C1CCCN1. The van der Waals surface area contributed by atoms with Crippen molar-refractivity contribution in [3.05, 3.63) is 17.4 Å². The van der Waals surface area contributed by atoms with Crippen molar-refractivity contribution in [2.75, 3.05) is 25.6 Å². The Hall–Kier alpha value is -2.10. The quantitative estimate of drug-likeness (QED) is 0.676. The second-order valence-electron chi connectivity index (χ2n) is 7.99. The lowest BCUT2D eigenvalue weighted by molar-refractivity contribution is -0.182. The summed E-state index contributed by atoms with van der Waals surface area (Å²) in [5, 5.41) is 5.86. The molecule has 1 aromatic rings. The van der Waals surface area contributed by atoms with E-state index in [0.717, 1.165) is 19.4 Å². The molecule has 2 aliphatic rings. The van der Waals surface area contributed by atoms with E-state index < -0.39 is 17.9 Å². The number of carbonyl (C=O) groups excluding carboxylic acids is 1. The van der Waals surface area contributed by atoms with E-state index in [1.54, 1.807) is 11.9 Å². The largest absolute Gasteiger partial charge is 0.481 e. The number of carbonyl (C=O) groups is 1. The third-order valence-electron chi connectivity index (χ3n) is 6.06. The predicted octanol–water partition coefficient (Wildman–Crippen LogP) is 3.15. The summed E-state index contributed by atoms with van der Waals surface area (Å²) >= 11 is 0. The van der Waals surface area contributed by atoms with Gasteiger partial charge in [0, 0.05) is 25.2 Å². The minimum Gasteiger partial charge on any atom is -0.481 e. The van der Waals surface area contributed by atoms with Crippen LogP contribution in [0, 0.1) is 11.7 Å². The zero-order valence-corrected chi connectivity index (χ0v) is 17.2. The molecule has 1 unspecified atom stereocenters. The number of aromatic nitrogens is 1. The zero-order chi connectivity index (χ0) is 21.9. The Morgan fingerprint density at radius 2 is 2.00 bits per heavy atom. The molecule has 168 valence electrons. The number of hydrogen-bond acceptors (Lipinski definition) is 5. The lowest BCUT2D eigenvalue weighted by Gasteiger charge is -2.36. The van der Waals surface area contributed by atoms with E-state index in [1.165, 1.54) is 13.2 Å². The molecule has 0 spiro atoms. The third-order valence-corrected chi connectivity index (χ3v) is 6.06. The first-order valence-corrected chi connectivity index (χ1v) is 10.2. The Labute approximate surface area is 173 Å². The molecule has 30 heavy (non-hydrogen) atoms. The summed E-state index contributed by atoms with van der Waals surface area (Å²) in [6.07, 6.45) is -1.81. The summed E-state index contributed by atoms with van der Waals surface area (Å²) < 4.78 is 58.8. The highest BCUT2D eigenvalue weighted by Gasteiger charge is 2.42. The predicted molar refractivity (Wildman–Crippen MR) is 104 cm³/mol. The number of rotatable bonds is 6. The summed E-state index contributed by atoms with van der Waals surface area (Å²) in [6, 6.07) is 0.793. The van der Waals surface area contributed by atoms with Gasteiger partial charge in [-0.05, 0) is 51.1 Å². The van der Waals surface area contributed by atoms with Gasteiger partial charge < -0.3 is 20.3 Å². The van der Waals surface area contributed by atoms with Gasteiger partial charge in [-0.1, -0.05) is 0 Å². The maximum Gasteiger partial charge on any atom is 0.391 e. The molecule has 2 N–H and O–H groups in total. The molecule has 0 radical (unpaired) electrons. The first kappa shape index (κ1) is 22.6. The van der Waals surface area contributed by atoms with Crippen molar-refractivity contribution in [1.82, 2.24) is 15.6 Å². The molecular weight excluding hydrogens is 404 g/mol. The van der Waals surface area contributed by atoms with Gasteiger partial charge >= 0.3 is 6.18 Å². The van der Waals surface area contributed by atoms with Crippen LogP contribution in [0.15, 0.2) is 6.07 Å². The average Bonchev–Trinajstić information content (AvgIpc) is 3.26. The molecule has 0 bridgehead atoms. The smallest absolute Gasteiger partial charge is 0.391 e. The molecule has 1 aromatic heterocycles. The van der Waals surface area contributed by atoms with Crippen LogP contribution in [0.3, 0.4) is 0 Å². The maximum absolute atomic E-state index is 14.8. The van der Waals surface area contributed by atoms with Gasteiger partial charge in [-0.3, -0.25) is 4.79 Å². The van der Waals surface area contributed by atoms with E-state index in [9.17, 15) is 22.4 Å². The lowest BCUT2D eigenvalue weighted by Crippen LogP contribution is -2.40. The van der Waals surface area contributed by atoms with Crippen LogP contribution in [0.1, 0.15) is 44.1 Å². The van der Waals surface area contributed by atoms with E-state index in [-0.39, 0.29) is 49.1 Å². The summed E-state index contributed by atoms with van der Waals surface area (Å²) in [4.78, 5) is 18.0. The molecule has 3 rings (SSSR count). The van der Waals surface area contributed by atoms with Gasteiger partial charge in [-0.15, -0.1) is 0 Å². The van der Waals surface area contributed by atoms with Crippen molar-refractivity contribution in [2.45, 2.75) is 63.3 Å². The molecule has 10 heteroatoms. The Morgan fingerprint density at radius 1 is 1.30 bits per heavy atom. The Bertz CT molecular complexity index is 745. The molecule has 1 amide bonds. The third kappa shape index (κ3) is 5.14. The highest BCUT2D eigenvalue weighted by atomic mass is 19.4. The second kappa shape index (κ2) is 9.36. The molecule has 1 aliphatic carbocycles. The van der Waals surface area contributed by atoms with Crippen LogP contribution in [0.4, 0.5) is 23.4 Å². The normalized spacial score (nSPS) is 24.5. The van der Waals surface area contributed by atoms with Gasteiger partial charge in [0.2, 0.25) is 11.8 Å². The number of hydrogen-bond donors (Lipinski definition) is 2. The van der Waals surface area contributed by atoms with Gasteiger partial charge in [-0.2, -0.15) is 18.2 Å². The molecule has 1 saturated carbocycles. The van der Waals surface area contributed by atoms with E-state index in [0.29, 0.717) is 18.4 Å². The summed E-state index contributed by atoms with van der Waals surface area (Å²) in [5.41, 5.74) is 0.402. The molecule has 2 heterocycles. The molecule has 6 nitrogen and oxygen atoms in total. The van der Waals surface area contributed by atoms with Crippen LogP contribution in [-0.4, -0.2) is 49.9 Å². The fourth-order valence-corrected chi connectivity index (χ4v) is 4.23. The van der Waals surface area contributed by atoms with Crippen molar-refractivity contribution in [3.8, 4) is 5.88 Å². The van der Waals surface area contributed by atoms with Gasteiger partial charge in [0.15, 0.2) is 11.6 Å². The van der Waals surface area contributed by atoms with Crippen LogP contribution in [0.25, 0.3) is 0 Å². The van der Waals surface area contributed by atoms with Crippen molar-refractivity contribution < 1.29 is 27.1 Å². The summed E-state index contributed by atoms with van der Waals surface area (Å²) in [6.45, 7) is 0.869. The first-order valence-electron chi connectivity index (χ1n) is 10.2. The summed E-state index contributed by atoms with van der Waals surface area (Å²) in [7, 11) is 3.04. The monoisotopic (exact) mass is 432 g/mol. The number of halogens is 4. The summed E-state index contributed by atoms with van der Waals surface area (Å²) in [5.74, 6) is -1.83. The standard InChI is InChI=1S/C20H28F4N4O2/c1-28(14-7-5-13(6-8-14)20(22,23)24)17-15(21)10-12(19(27-17)30-2)11-26-18(29)16-4-3-9-25-16/h10,13-14,16,25H,3-9,11H2,1-2H3,(H,26,29). The first-order chi connectivity index (χ1) is 14.2. The molecule has 2 fully saturated rings. The number of ether oxygens (including phenoxy) is 1. The van der Waals surface area contributed by atoms with Gasteiger partial charge in [-0.25, -0.2) is 4.39 Å². The second-order valence-corrected chi connectivity index (χ2v) is 7.99. The zero-order valence-electron chi connectivity index (χ0n) is 17.2. The van der Waals surface area contributed by atoms with Crippen LogP contribution in [0.5, 0.6) is 5.88 Å². The van der Waals surface area contributed by atoms with Gasteiger partial charge in [0.1, 0.15) is 0 Å². The molecule has 1 atom stereocenters. The molecule has 1 saturated heterocycles. The molecule has 1 aliphatic heterocycles. The molecule has 0 aromatic carbocycles. The van der Waals surface area contributed by atoms with Gasteiger partial charge in [0.05, 0.1) is 19.1 Å². The minimum absolute atomic E-state index is 0.0244. The topological polar surface area (TPSA) is 66.5 Å². The number of alkyl halides is 3. The number of nitrogens with zero attached hydrogens (tertiary/aromatic N) is 2. The fraction of sp³-hybridized carbons (Fsp3) is 0.700. The Morgan fingerprint density at radius 3 is 2.57 bits per heavy atom. The van der Waals surface area contributed by atoms with Gasteiger partial charge in [0.25, 0.3) is 0 Å². The van der Waals surface area contributed by atoms with Crippen LogP contribution >= 0.6 is 0 Å². The van der Waals surface area contributed by atoms with E-state index in [4.69, 9.17) is 4.74 Å². The number of anilines is 1. The Kier molecular flexibility index (Phi) is 7.05. The van der Waals surface area contributed by atoms with Crippen LogP contribution in [0.2, 0.25) is 0 Å². The highest BCUT2D eigenvalue weighted by molar-refractivity contribution is 5.82. The van der Waals surface area contributed by atoms with E-state index >= 15 is 0 Å². The van der Waals surface area contributed by atoms with E-state index in [1.807, 2.05) is 0 Å².